The van der Waals surface area contributed by atoms with Gasteiger partial charge < -0.3 is 15.5 Å². The molecule has 0 aliphatic heterocycles. The first kappa shape index (κ1) is 20.5. The van der Waals surface area contributed by atoms with E-state index in [1.54, 1.807) is 17.5 Å². The number of anilines is 3. The molecule has 3 rings (SSSR count). The highest BCUT2D eigenvalue weighted by Crippen LogP contribution is 2.28. The number of nitrogens with zero attached hydrogens (tertiary/aromatic N) is 2. The molecule has 2 amide bonds. The van der Waals surface area contributed by atoms with E-state index in [1.165, 1.54) is 24.3 Å². The molecule has 0 fully saturated rings. The molecule has 29 heavy (non-hydrogen) atoms. The average molecular weight is 412 g/mol. The second-order valence-corrected chi connectivity index (χ2v) is 7.17. The number of aromatic nitrogens is 1. The quantitative estimate of drug-likeness (QED) is 0.604. The maximum Gasteiger partial charge on any atom is 0.245 e. The molecule has 6 nitrogen and oxygen atoms in total. The van der Waals surface area contributed by atoms with Gasteiger partial charge in [0.1, 0.15) is 5.82 Å². The minimum absolute atomic E-state index is 0.190. The van der Waals surface area contributed by atoms with Gasteiger partial charge in [0.15, 0.2) is 5.13 Å². The van der Waals surface area contributed by atoms with Crippen molar-refractivity contribution < 1.29 is 14.0 Å². The molecule has 0 aliphatic rings. The van der Waals surface area contributed by atoms with Crippen LogP contribution in [0.4, 0.5) is 20.9 Å². The Balaban J connectivity index is 1.67. The van der Waals surface area contributed by atoms with Gasteiger partial charge in [0.05, 0.1) is 12.2 Å². The topological polar surface area (TPSA) is 74.3 Å². The molecule has 2 N–H and O–H groups in total. The Labute approximate surface area is 172 Å². The van der Waals surface area contributed by atoms with E-state index in [4.69, 9.17) is 0 Å². The number of para-hydroxylation sites is 1. The van der Waals surface area contributed by atoms with Crippen LogP contribution in [0, 0.1) is 5.82 Å². The molecular formula is C21H21FN4O2S. The van der Waals surface area contributed by atoms with Gasteiger partial charge >= 0.3 is 0 Å². The van der Waals surface area contributed by atoms with Crippen molar-refractivity contribution >= 4 is 39.7 Å². The lowest BCUT2D eigenvalue weighted by molar-refractivity contribution is -0.115. The van der Waals surface area contributed by atoms with E-state index in [-0.39, 0.29) is 18.4 Å². The van der Waals surface area contributed by atoms with Crippen LogP contribution in [0.1, 0.15) is 13.8 Å². The number of nitrogens with one attached hydrogen (secondary N) is 2. The Hall–Kier alpha value is -3.26. The van der Waals surface area contributed by atoms with Gasteiger partial charge in [-0.15, -0.1) is 11.3 Å². The van der Waals surface area contributed by atoms with E-state index >= 15 is 0 Å². The largest absolute Gasteiger partial charge is 0.362 e. The zero-order valence-electron chi connectivity index (χ0n) is 16.1. The van der Waals surface area contributed by atoms with Gasteiger partial charge in [-0.05, 0) is 37.3 Å². The van der Waals surface area contributed by atoms with Crippen LogP contribution in [0.15, 0.2) is 53.9 Å². The lowest BCUT2D eigenvalue weighted by Crippen LogP contribution is -2.33. The van der Waals surface area contributed by atoms with E-state index in [2.05, 4.69) is 15.6 Å². The predicted octanol–water partition coefficient (Wildman–Crippen LogP) is 4.37. The summed E-state index contributed by atoms with van der Waals surface area (Å²) in [7, 11) is 0. The number of hydrogen-bond donors (Lipinski definition) is 2. The zero-order valence-corrected chi connectivity index (χ0v) is 16.9. The molecule has 150 valence electrons. The molecule has 1 aromatic heterocycles. The minimum atomic E-state index is -0.499. The number of thiazole rings is 1. The van der Waals surface area contributed by atoms with Gasteiger partial charge in [0.2, 0.25) is 11.8 Å². The van der Waals surface area contributed by atoms with Crippen LogP contribution in [0.25, 0.3) is 11.3 Å². The fraction of sp³-hybridized carbons (Fsp3) is 0.190. The molecule has 0 saturated carbocycles. The van der Waals surface area contributed by atoms with Gasteiger partial charge in [-0.1, -0.05) is 18.2 Å². The van der Waals surface area contributed by atoms with Gasteiger partial charge in [-0.25, -0.2) is 9.37 Å². The number of carbonyl (C=O) groups is 2. The van der Waals surface area contributed by atoms with Crippen LogP contribution in [-0.2, 0) is 9.59 Å². The van der Waals surface area contributed by atoms with Gasteiger partial charge in [0, 0.05) is 35.8 Å². The lowest BCUT2D eigenvalue weighted by atomic mass is 10.1. The molecule has 3 aromatic rings. The Morgan fingerprint density at radius 3 is 2.55 bits per heavy atom. The summed E-state index contributed by atoms with van der Waals surface area (Å²) >= 11 is 1.23. The summed E-state index contributed by atoms with van der Waals surface area (Å²) in [6.45, 7) is 4.22. The first-order valence-electron chi connectivity index (χ1n) is 9.09. The van der Waals surface area contributed by atoms with Crippen LogP contribution < -0.4 is 15.5 Å². The summed E-state index contributed by atoms with van der Waals surface area (Å²) in [6, 6.07) is 14.1. The van der Waals surface area contributed by atoms with Crippen LogP contribution in [0.5, 0.6) is 0 Å². The smallest absolute Gasteiger partial charge is 0.245 e. The molecule has 0 unspecified atom stereocenters. The maximum atomic E-state index is 14.4. The molecule has 0 aliphatic carbocycles. The molecule has 1 heterocycles. The monoisotopic (exact) mass is 412 g/mol. The van der Waals surface area contributed by atoms with E-state index in [0.717, 1.165) is 5.69 Å². The van der Waals surface area contributed by atoms with Crippen molar-refractivity contribution in [1.82, 2.24) is 4.98 Å². The second-order valence-electron chi connectivity index (χ2n) is 6.31. The SMILES string of the molecule is CCN(CC(=O)Nc1nc(-c2ccc(NC(C)=O)cc2F)cs1)c1ccccc1. The van der Waals surface area contributed by atoms with Crippen molar-refractivity contribution in [1.29, 1.82) is 0 Å². The third-order valence-electron chi connectivity index (χ3n) is 4.15. The van der Waals surface area contributed by atoms with Crippen molar-refractivity contribution in [3.8, 4) is 11.3 Å². The molecule has 8 heteroatoms. The van der Waals surface area contributed by atoms with Crippen molar-refractivity contribution in [2.75, 3.05) is 28.6 Å². The summed E-state index contributed by atoms with van der Waals surface area (Å²) in [5.41, 5.74) is 2.07. The van der Waals surface area contributed by atoms with Crippen LogP contribution in [0.2, 0.25) is 0 Å². The summed E-state index contributed by atoms with van der Waals surface area (Å²) < 4.78 is 14.4. The first-order chi connectivity index (χ1) is 14.0. The fourth-order valence-electron chi connectivity index (χ4n) is 2.82. The summed E-state index contributed by atoms with van der Waals surface area (Å²) in [5.74, 6) is -0.967. The average Bonchev–Trinajstić information content (AvgIpc) is 3.14. The van der Waals surface area contributed by atoms with Gasteiger partial charge in [0.25, 0.3) is 0 Å². The Morgan fingerprint density at radius 2 is 1.90 bits per heavy atom. The van der Waals surface area contributed by atoms with Crippen molar-refractivity contribution in [2.24, 2.45) is 0 Å². The highest BCUT2D eigenvalue weighted by molar-refractivity contribution is 7.14. The maximum absolute atomic E-state index is 14.4. The third-order valence-corrected chi connectivity index (χ3v) is 4.91. The zero-order chi connectivity index (χ0) is 20.8. The number of halogens is 1. The van der Waals surface area contributed by atoms with Gasteiger partial charge in [-0.2, -0.15) is 0 Å². The van der Waals surface area contributed by atoms with E-state index in [1.807, 2.05) is 42.2 Å². The molecule has 0 saturated heterocycles. The summed E-state index contributed by atoms with van der Waals surface area (Å²) in [6.07, 6.45) is 0. The minimum Gasteiger partial charge on any atom is -0.362 e. The fourth-order valence-corrected chi connectivity index (χ4v) is 3.54. The lowest BCUT2D eigenvalue weighted by Gasteiger charge is -2.22. The van der Waals surface area contributed by atoms with Crippen molar-refractivity contribution in [2.45, 2.75) is 13.8 Å². The van der Waals surface area contributed by atoms with Crippen molar-refractivity contribution in [3.05, 3.63) is 59.7 Å². The molecule has 0 spiro atoms. The van der Waals surface area contributed by atoms with E-state index in [0.29, 0.717) is 28.6 Å². The highest BCUT2D eigenvalue weighted by atomic mass is 32.1. The van der Waals surface area contributed by atoms with Crippen LogP contribution in [-0.4, -0.2) is 29.9 Å². The molecule has 0 radical (unpaired) electrons. The normalized spacial score (nSPS) is 10.4. The number of rotatable bonds is 7. The molecule has 2 aromatic carbocycles. The number of carbonyl (C=O) groups excluding carboxylic acids is 2. The Kier molecular flexibility index (Phi) is 6.56. The van der Waals surface area contributed by atoms with Gasteiger partial charge in [-0.3, -0.25) is 9.59 Å². The number of amides is 2. The third kappa shape index (κ3) is 5.39. The summed E-state index contributed by atoms with van der Waals surface area (Å²) in [4.78, 5) is 29.8. The predicted molar refractivity (Wildman–Crippen MR) is 115 cm³/mol. The second kappa shape index (κ2) is 9.29. The van der Waals surface area contributed by atoms with E-state index < -0.39 is 5.82 Å². The number of hydrogen-bond acceptors (Lipinski definition) is 5. The van der Waals surface area contributed by atoms with Crippen molar-refractivity contribution in [3.63, 3.8) is 0 Å². The molecule has 0 bridgehead atoms. The Morgan fingerprint density at radius 1 is 1.14 bits per heavy atom. The van der Waals surface area contributed by atoms with E-state index in [9.17, 15) is 14.0 Å². The highest BCUT2D eigenvalue weighted by Gasteiger charge is 2.14. The number of benzene rings is 2. The van der Waals surface area contributed by atoms with Crippen LogP contribution >= 0.6 is 11.3 Å². The Bertz CT molecular complexity index is 1010. The molecule has 0 atom stereocenters. The van der Waals surface area contributed by atoms with Crippen LogP contribution in [0.3, 0.4) is 0 Å². The summed E-state index contributed by atoms with van der Waals surface area (Å²) in [5, 5.41) is 7.39. The standard InChI is InChI=1S/C21H21FN4O2S/c1-3-26(16-7-5-4-6-8-16)12-20(28)25-21-24-19(13-29-21)17-10-9-15(11-18(17)22)23-14(2)27/h4-11,13H,3,12H2,1-2H3,(H,23,27)(H,24,25,28). The first-order valence-corrected chi connectivity index (χ1v) is 9.97. The number of likely N-dealkylation sites (N-methyl/N-ethyl adjacent to an activating group) is 1. The molecular weight excluding hydrogens is 391 g/mol.